The lowest BCUT2D eigenvalue weighted by Gasteiger charge is -2.33. The monoisotopic (exact) mass is 300 g/mol. The molecule has 116 valence electrons. The highest BCUT2D eigenvalue weighted by Crippen LogP contribution is 2.17. The highest BCUT2D eigenvalue weighted by atomic mass is 16.1. The Morgan fingerprint density at radius 1 is 1.23 bits per heavy atom. The summed E-state index contributed by atoms with van der Waals surface area (Å²) in [6.07, 6.45) is 6.82. The molecule has 0 aliphatic carbocycles. The van der Waals surface area contributed by atoms with Crippen LogP contribution in [0.15, 0.2) is 29.6 Å². The third-order valence-corrected chi connectivity index (χ3v) is 3.95. The van der Waals surface area contributed by atoms with Crippen LogP contribution in [0.1, 0.15) is 18.5 Å². The Bertz CT molecular complexity index is 705. The molecule has 3 rings (SSSR count). The van der Waals surface area contributed by atoms with Crippen molar-refractivity contribution < 1.29 is 0 Å². The third-order valence-electron chi connectivity index (χ3n) is 3.95. The van der Waals surface area contributed by atoms with Gasteiger partial charge in [0.25, 0.3) is 5.56 Å². The molecule has 1 saturated heterocycles. The molecule has 0 unspecified atom stereocenters. The minimum Gasteiger partial charge on any atom is -0.367 e. The molecule has 1 aliphatic rings. The number of aryl methyl sites for hydroxylation is 2. The zero-order valence-corrected chi connectivity index (χ0v) is 12.9. The van der Waals surface area contributed by atoms with Crippen molar-refractivity contribution in [2.75, 3.05) is 23.3 Å². The Kier molecular flexibility index (Phi) is 4.04. The molecule has 0 radical (unpaired) electrons. The summed E-state index contributed by atoms with van der Waals surface area (Å²) in [5, 5.41) is 3.44. The molecule has 7 heteroatoms. The highest BCUT2D eigenvalue weighted by Gasteiger charge is 2.22. The summed E-state index contributed by atoms with van der Waals surface area (Å²) in [5.41, 5.74) is 0.909. The average Bonchev–Trinajstić information content (AvgIpc) is 2.51. The van der Waals surface area contributed by atoms with E-state index in [1.54, 1.807) is 30.3 Å². The van der Waals surface area contributed by atoms with Crippen molar-refractivity contribution in [3.05, 3.63) is 40.8 Å². The van der Waals surface area contributed by atoms with E-state index in [0.717, 1.165) is 37.4 Å². The van der Waals surface area contributed by atoms with Crippen LogP contribution in [0.3, 0.4) is 0 Å². The van der Waals surface area contributed by atoms with E-state index in [-0.39, 0.29) is 5.56 Å². The van der Waals surface area contributed by atoms with Gasteiger partial charge in [-0.1, -0.05) is 0 Å². The lowest BCUT2D eigenvalue weighted by Crippen LogP contribution is -2.42. The molecule has 0 aromatic carbocycles. The number of hydrogen-bond acceptors (Lipinski definition) is 6. The van der Waals surface area contributed by atoms with Gasteiger partial charge in [-0.15, -0.1) is 0 Å². The highest BCUT2D eigenvalue weighted by molar-refractivity contribution is 5.39. The van der Waals surface area contributed by atoms with Crippen molar-refractivity contribution in [3.63, 3.8) is 0 Å². The quantitative estimate of drug-likeness (QED) is 0.910. The predicted octanol–water partition coefficient (Wildman–Crippen LogP) is 0.960. The Hall–Kier alpha value is -2.44. The van der Waals surface area contributed by atoms with E-state index < -0.39 is 0 Å². The van der Waals surface area contributed by atoms with Crippen LogP contribution in [0.5, 0.6) is 0 Å². The molecule has 2 aromatic heterocycles. The van der Waals surface area contributed by atoms with Crippen LogP contribution < -0.4 is 15.8 Å². The molecule has 0 amide bonds. The Balaban J connectivity index is 1.63. The molecule has 0 atom stereocenters. The number of rotatable bonds is 3. The van der Waals surface area contributed by atoms with Crippen molar-refractivity contribution >= 4 is 11.6 Å². The summed E-state index contributed by atoms with van der Waals surface area (Å²) < 4.78 is 1.57. The number of aromatic nitrogens is 4. The van der Waals surface area contributed by atoms with Gasteiger partial charge in [0.05, 0.1) is 0 Å². The van der Waals surface area contributed by atoms with Gasteiger partial charge in [0.15, 0.2) is 5.82 Å². The Labute approximate surface area is 129 Å². The minimum absolute atomic E-state index is 0.0414. The zero-order valence-electron chi connectivity index (χ0n) is 12.9. The number of piperidine rings is 1. The van der Waals surface area contributed by atoms with Crippen molar-refractivity contribution in [2.24, 2.45) is 7.05 Å². The second kappa shape index (κ2) is 6.13. The lowest BCUT2D eigenvalue weighted by atomic mass is 10.1. The van der Waals surface area contributed by atoms with E-state index >= 15 is 0 Å². The van der Waals surface area contributed by atoms with Gasteiger partial charge in [0.1, 0.15) is 12.1 Å². The maximum atomic E-state index is 12.1. The topological polar surface area (TPSA) is 75.9 Å². The van der Waals surface area contributed by atoms with Crippen LogP contribution in [-0.4, -0.2) is 38.7 Å². The normalized spacial score (nSPS) is 15.8. The van der Waals surface area contributed by atoms with Gasteiger partial charge in [0.2, 0.25) is 0 Å². The van der Waals surface area contributed by atoms with Gasteiger partial charge in [-0.2, -0.15) is 0 Å². The molecule has 22 heavy (non-hydrogen) atoms. The zero-order chi connectivity index (χ0) is 15.5. The van der Waals surface area contributed by atoms with Gasteiger partial charge < -0.3 is 14.8 Å². The number of anilines is 2. The van der Waals surface area contributed by atoms with Crippen LogP contribution in [-0.2, 0) is 7.05 Å². The maximum Gasteiger partial charge on any atom is 0.293 e. The van der Waals surface area contributed by atoms with E-state index in [4.69, 9.17) is 0 Å². The average molecular weight is 300 g/mol. The van der Waals surface area contributed by atoms with E-state index in [2.05, 4.69) is 25.2 Å². The summed E-state index contributed by atoms with van der Waals surface area (Å²) >= 11 is 0. The maximum absolute atomic E-state index is 12.1. The van der Waals surface area contributed by atoms with E-state index in [1.807, 2.05) is 13.0 Å². The van der Waals surface area contributed by atoms with Crippen LogP contribution in [0.4, 0.5) is 11.6 Å². The number of nitrogens with zero attached hydrogens (tertiary/aromatic N) is 5. The van der Waals surface area contributed by atoms with E-state index in [9.17, 15) is 4.79 Å². The van der Waals surface area contributed by atoms with Crippen LogP contribution in [0, 0.1) is 6.92 Å². The predicted molar refractivity (Wildman–Crippen MR) is 85.1 cm³/mol. The summed E-state index contributed by atoms with van der Waals surface area (Å²) in [4.78, 5) is 26.7. The molecule has 7 nitrogen and oxygen atoms in total. The minimum atomic E-state index is -0.0414. The summed E-state index contributed by atoms with van der Waals surface area (Å²) in [7, 11) is 1.75. The van der Waals surface area contributed by atoms with Gasteiger partial charge in [0, 0.05) is 50.3 Å². The first kappa shape index (κ1) is 14.5. The van der Waals surface area contributed by atoms with Crippen LogP contribution in [0.2, 0.25) is 0 Å². The SMILES string of the molecule is Cc1cc(NC2CCN(c3nccn(C)c3=O)CC2)ncn1. The third kappa shape index (κ3) is 3.08. The van der Waals surface area contributed by atoms with E-state index in [1.165, 1.54) is 0 Å². The van der Waals surface area contributed by atoms with Crippen LogP contribution in [0.25, 0.3) is 0 Å². The van der Waals surface area contributed by atoms with Crippen molar-refractivity contribution in [1.82, 2.24) is 19.5 Å². The van der Waals surface area contributed by atoms with E-state index in [0.29, 0.717) is 11.9 Å². The largest absolute Gasteiger partial charge is 0.367 e. The van der Waals surface area contributed by atoms with Crippen molar-refractivity contribution in [1.29, 1.82) is 0 Å². The Morgan fingerprint density at radius 2 is 2.00 bits per heavy atom. The van der Waals surface area contributed by atoms with Crippen molar-refractivity contribution in [2.45, 2.75) is 25.8 Å². The summed E-state index contributed by atoms with van der Waals surface area (Å²) in [6.45, 7) is 3.58. The fourth-order valence-corrected chi connectivity index (χ4v) is 2.68. The summed E-state index contributed by atoms with van der Waals surface area (Å²) in [5.74, 6) is 1.40. The van der Waals surface area contributed by atoms with Crippen LogP contribution >= 0.6 is 0 Å². The van der Waals surface area contributed by atoms with Gasteiger partial charge >= 0.3 is 0 Å². The molecule has 1 fully saturated rings. The standard InChI is InChI=1S/C15H20N6O/c1-11-9-13(18-10-17-11)19-12-3-6-21(7-4-12)14-15(22)20(2)8-5-16-14/h5,8-10,12H,3-4,6-7H2,1-2H3,(H,17,18,19). The second-order valence-electron chi connectivity index (χ2n) is 5.62. The molecule has 0 saturated carbocycles. The molecule has 0 bridgehead atoms. The molecule has 1 N–H and O–H groups in total. The molecular weight excluding hydrogens is 280 g/mol. The first-order valence-corrected chi connectivity index (χ1v) is 7.45. The lowest BCUT2D eigenvalue weighted by molar-refractivity contribution is 0.519. The first-order chi connectivity index (χ1) is 10.6. The summed E-state index contributed by atoms with van der Waals surface area (Å²) in [6, 6.07) is 2.30. The fraction of sp³-hybridized carbons (Fsp3) is 0.467. The molecule has 0 spiro atoms. The molecule has 1 aliphatic heterocycles. The number of nitrogens with one attached hydrogen (secondary N) is 1. The van der Waals surface area contributed by atoms with Crippen molar-refractivity contribution in [3.8, 4) is 0 Å². The first-order valence-electron chi connectivity index (χ1n) is 7.45. The second-order valence-corrected chi connectivity index (χ2v) is 5.62. The fourth-order valence-electron chi connectivity index (χ4n) is 2.68. The molecule has 3 heterocycles. The Morgan fingerprint density at radius 3 is 2.73 bits per heavy atom. The smallest absolute Gasteiger partial charge is 0.293 e. The van der Waals surface area contributed by atoms with Gasteiger partial charge in [-0.05, 0) is 19.8 Å². The molecule has 2 aromatic rings. The van der Waals surface area contributed by atoms with Gasteiger partial charge in [-0.3, -0.25) is 4.79 Å². The number of hydrogen-bond donors (Lipinski definition) is 1. The molecular formula is C15H20N6O. The van der Waals surface area contributed by atoms with Gasteiger partial charge in [-0.25, -0.2) is 15.0 Å².